The molecule has 0 amide bonds. The van der Waals surface area contributed by atoms with E-state index >= 15 is 0 Å². The third-order valence-electron chi connectivity index (χ3n) is 3.11. The minimum absolute atomic E-state index is 0.117. The molecule has 1 fully saturated rings. The molecule has 1 unspecified atom stereocenters. The van der Waals surface area contributed by atoms with Gasteiger partial charge in [-0.25, -0.2) is 9.97 Å². The zero-order chi connectivity index (χ0) is 14.0. The van der Waals surface area contributed by atoms with Crippen LogP contribution < -0.4 is 4.90 Å². The van der Waals surface area contributed by atoms with Crippen molar-refractivity contribution < 1.29 is 18.3 Å². The summed E-state index contributed by atoms with van der Waals surface area (Å²) in [6.45, 7) is 0.429. The van der Waals surface area contributed by atoms with E-state index in [2.05, 4.69) is 9.97 Å². The van der Waals surface area contributed by atoms with Crippen LogP contribution in [0.1, 0.15) is 25.0 Å². The van der Waals surface area contributed by atoms with Crippen LogP contribution in [0.4, 0.5) is 19.0 Å². The summed E-state index contributed by atoms with van der Waals surface area (Å²) in [5.74, 6) is 0.117. The van der Waals surface area contributed by atoms with Gasteiger partial charge in [0.05, 0.1) is 12.6 Å². The van der Waals surface area contributed by atoms with Crippen LogP contribution in [0.2, 0.25) is 5.28 Å². The number of halogens is 4. The number of aliphatic hydroxyl groups is 1. The monoisotopic (exact) mass is 295 g/mol. The maximum absolute atomic E-state index is 12.7. The molecule has 1 atom stereocenters. The molecule has 0 saturated carbocycles. The van der Waals surface area contributed by atoms with Crippen LogP contribution in [-0.2, 0) is 6.18 Å². The number of anilines is 1. The van der Waals surface area contributed by atoms with E-state index in [0.29, 0.717) is 6.54 Å². The molecule has 2 rings (SSSR count). The molecule has 0 bridgehead atoms. The van der Waals surface area contributed by atoms with Crippen LogP contribution in [0.25, 0.3) is 0 Å². The summed E-state index contributed by atoms with van der Waals surface area (Å²) in [4.78, 5) is 8.69. The zero-order valence-electron chi connectivity index (χ0n) is 9.99. The summed E-state index contributed by atoms with van der Waals surface area (Å²) in [5, 5.41) is 8.84. The summed E-state index contributed by atoms with van der Waals surface area (Å²) in [5.41, 5.74) is -1.07. The Morgan fingerprint density at radius 3 is 2.74 bits per heavy atom. The second-order valence-electron chi connectivity index (χ2n) is 4.40. The van der Waals surface area contributed by atoms with E-state index in [4.69, 9.17) is 11.6 Å². The van der Waals surface area contributed by atoms with E-state index in [1.54, 1.807) is 4.90 Å². The van der Waals surface area contributed by atoms with Gasteiger partial charge in [0.2, 0.25) is 5.28 Å². The van der Waals surface area contributed by atoms with E-state index in [1.807, 2.05) is 0 Å². The Hall–Kier alpha value is -1.08. The van der Waals surface area contributed by atoms with Crippen LogP contribution >= 0.6 is 11.6 Å². The van der Waals surface area contributed by atoms with Crippen molar-refractivity contribution in [2.24, 2.45) is 0 Å². The Labute approximate surface area is 113 Å². The summed E-state index contributed by atoms with van der Waals surface area (Å²) >= 11 is 5.55. The van der Waals surface area contributed by atoms with E-state index < -0.39 is 17.2 Å². The van der Waals surface area contributed by atoms with Crippen LogP contribution in [-0.4, -0.2) is 34.3 Å². The third-order valence-corrected chi connectivity index (χ3v) is 3.28. The zero-order valence-corrected chi connectivity index (χ0v) is 10.7. The van der Waals surface area contributed by atoms with Crippen molar-refractivity contribution in [3.05, 3.63) is 17.0 Å². The Bertz CT molecular complexity index is 455. The molecule has 1 N–H and O–H groups in total. The molecule has 2 heterocycles. The first kappa shape index (κ1) is 14.3. The second-order valence-corrected chi connectivity index (χ2v) is 4.74. The highest BCUT2D eigenvalue weighted by atomic mass is 35.5. The van der Waals surface area contributed by atoms with Gasteiger partial charge in [-0.1, -0.05) is 0 Å². The fraction of sp³-hybridized carbons (Fsp3) is 0.636. The van der Waals surface area contributed by atoms with Gasteiger partial charge in [-0.05, 0) is 30.9 Å². The van der Waals surface area contributed by atoms with Gasteiger partial charge in [-0.15, -0.1) is 0 Å². The minimum atomic E-state index is -4.56. The first-order valence-electron chi connectivity index (χ1n) is 5.91. The van der Waals surface area contributed by atoms with Gasteiger partial charge in [0.15, 0.2) is 5.69 Å². The number of aliphatic hydroxyl groups excluding tert-OH is 1. The Kier molecular flexibility index (Phi) is 4.15. The van der Waals surface area contributed by atoms with E-state index in [0.717, 1.165) is 25.3 Å². The van der Waals surface area contributed by atoms with Crippen molar-refractivity contribution in [2.75, 3.05) is 18.1 Å². The molecule has 1 aliphatic rings. The summed E-state index contributed by atoms with van der Waals surface area (Å²) in [6, 6.07) is 0.653. The highest BCUT2D eigenvalue weighted by molar-refractivity contribution is 6.28. The molecule has 1 aliphatic heterocycles. The van der Waals surface area contributed by atoms with Gasteiger partial charge in [0.1, 0.15) is 5.82 Å². The molecule has 0 spiro atoms. The SMILES string of the molecule is OCC1CCCCN1c1cc(C(F)(F)F)nc(Cl)n1. The topological polar surface area (TPSA) is 49.2 Å². The van der Waals surface area contributed by atoms with Gasteiger partial charge >= 0.3 is 6.18 Å². The van der Waals surface area contributed by atoms with Gasteiger partial charge < -0.3 is 10.0 Å². The highest BCUT2D eigenvalue weighted by Gasteiger charge is 2.35. The van der Waals surface area contributed by atoms with Gasteiger partial charge in [-0.3, -0.25) is 0 Å². The number of alkyl halides is 3. The lowest BCUT2D eigenvalue weighted by Gasteiger charge is -2.35. The molecule has 19 heavy (non-hydrogen) atoms. The number of hydrogen-bond donors (Lipinski definition) is 1. The standard InChI is InChI=1S/C11H13ClF3N3O/c12-10-16-8(11(13,14)15)5-9(17-10)18-4-2-1-3-7(18)6-19/h5,7,19H,1-4,6H2. The van der Waals surface area contributed by atoms with Crippen LogP contribution in [0.5, 0.6) is 0 Å². The van der Waals surface area contributed by atoms with E-state index in [-0.39, 0.29) is 18.5 Å². The number of rotatable bonds is 2. The van der Waals surface area contributed by atoms with Crippen molar-refractivity contribution in [3.8, 4) is 0 Å². The molecule has 0 radical (unpaired) electrons. The van der Waals surface area contributed by atoms with Crippen molar-refractivity contribution in [1.29, 1.82) is 0 Å². The van der Waals surface area contributed by atoms with E-state index in [1.165, 1.54) is 0 Å². The number of piperidine rings is 1. The lowest BCUT2D eigenvalue weighted by molar-refractivity contribution is -0.141. The summed E-state index contributed by atoms with van der Waals surface area (Å²) in [7, 11) is 0. The Morgan fingerprint density at radius 2 is 2.11 bits per heavy atom. The second kappa shape index (κ2) is 5.50. The summed E-state index contributed by atoms with van der Waals surface area (Å²) in [6.07, 6.45) is -2.06. The Morgan fingerprint density at radius 1 is 1.37 bits per heavy atom. The molecular weight excluding hydrogens is 283 g/mol. The molecule has 0 aliphatic carbocycles. The van der Waals surface area contributed by atoms with Crippen LogP contribution in [0.3, 0.4) is 0 Å². The fourth-order valence-corrected chi connectivity index (χ4v) is 2.37. The van der Waals surface area contributed by atoms with Crippen molar-refractivity contribution >= 4 is 17.4 Å². The molecule has 1 aromatic rings. The van der Waals surface area contributed by atoms with Gasteiger partial charge in [-0.2, -0.15) is 13.2 Å². The maximum atomic E-state index is 12.7. The molecule has 8 heteroatoms. The largest absolute Gasteiger partial charge is 0.433 e. The number of aromatic nitrogens is 2. The number of nitrogens with zero attached hydrogens (tertiary/aromatic N) is 3. The third kappa shape index (κ3) is 3.27. The van der Waals surface area contributed by atoms with Crippen molar-refractivity contribution in [1.82, 2.24) is 9.97 Å². The highest BCUT2D eigenvalue weighted by Crippen LogP contribution is 2.32. The minimum Gasteiger partial charge on any atom is -0.394 e. The van der Waals surface area contributed by atoms with Crippen LogP contribution in [0, 0.1) is 0 Å². The average Bonchev–Trinajstić information content (AvgIpc) is 2.37. The smallest absolute Gasteiger partial charge is 0.394 e. The fourth-order valence-electron chi connectivity index (χ4n) is 2.19. The maximum Gasteiger partial charge on any atom is 0.433 e. The average molecular weight is 296 g/mol. The summed E-state index contributed by atoms with van der Waals surface area (Å²) < 4.78 is 38.0. The molecule has 0 aromatic carbocycles. The first-order chi connectivity index (χ1) is 8.91. The predicted octanol–water partition coefficient (Wildman–Crippen LogP) is 2.50. The van der Waals surface area contributed by atoms with Crippen molar-refractivity contribution in [3.63, 3.8) is 0 Å². The molecule has 4 nitrogen and oxygen atoms in total. The lowest BCUT2D eigenvalue weighted by atomic mass is 10.0. The van der Waals surface area contributed by atoms with Crippen LogP contribution in [0.15, 0.2) is 6.07 Å². The lowest BCUT2D eigenvalue weighted by Crippen LogP contribution is -2.42. The molecule has 106 valence electrons. The Balaban J connectivity index is 2.35. The van der Waals surface area contributed by atoms with Gasteiger partial charge in [0.25, 0.3) is 0 Å². The van der Waals surface area contributed by atoms with Gasteiger partial charge in [0, 0.05) is 12.6 Å². The normalized spacial score (nSPS) is 20.7. The number of hydrogen-bond acceptors (Lipinski definition) is 4. The molecule has 1 aromatic heterocycles. The van der Waals surface area contributed by atoms with E-state index in [9.17, 15) is 18.3 Å². The first-order valence-corrected chi connectivity index (χ1v) is 6.29. The predicted molar refractivity (Wildman–Crippen MR) is 64.1 cm³/mol. The molecule has 1 saturated heterocycles. The molecular formula is C11H13ClF3N3O. The quantitative estimate of drug-likeness (QED) is 0.852. The van der Waals surface area contributed by atoms with Crippen molar-refractivity contribution in [2.45, 2.75) is 31.5 Å².